The molecular formula is C9H12N2O3S. The molecule has 0 saturated carbocycles. The van der Waals surface area contributed by atoms with Gasteiger partial charge in [0.25, 0.3) is 0 Å². The van der Waals surface area contributed by atoms with Gasteiger partial charge >= 0.3 is 5.97 Å². The summed E-state index contributed by atoms with van der Waals surface area (Å²) in [6, 6.07) is -1.06. The highest BCUT2D eigenvalue weighted by Crippen LogP contribution is 2.07. The fraction of sp³-hybridized carbons (Fsp3) is 0.333. The van der Waals surface area contributed by atoms with Crippen LogP contribution in [0, 0.1) is 0 Å². The summed E-state index contributed by atoms with van der Waals surface area (Å²) in [5.41, 5.74) is 5.42. The van der Waals surface area contributed by atoms with Crippen molar-refractivity contribution in [3.63, 3.8) is 0 Å². The lowest BCUT2D eigenvalue weighted by molar-refractivity contribution is -0.144. The number of aliphatic hydroxyl groups excluding tert-OH is 1. The van der Waals surface area contributed by atoms with Crippen molar-refractivity contribution >= 4 is 23.4 Å². The number of rotatable bonds is 4. The van der Waals surface area contributed by atoms with Gasteiger partial charge in [0.1, 0.15) is 11.0 Å². The first-order chi connectivity index (χ1) is 7.15. The molecule has 82 valence electrons. The summed E-state index contributed by atoms with van der Waals surface area (Å²) in [5.74, 6) is -0.647. The lowest BCUT2D eigenvalue weighted by atomic mass is 10.1. The molecule has 5 nitrogen and oxygen atoms in total. The van der Waals surface area contributed by atoms with Gasteiger partial charge in [-0.2, -0.15) is 0 Å². The highest BCUT2D eigenvalue weighted by atomic mass is 32.1. The fourth-order valence-electron chi connectivity index (χ4n) is 0.893. The number of aliphatic hydroxyl groups is 1. The maximum atomic E-state index is 11.0. The molecule has 1 aromatic rings. The second-order valence-electron chi connectivity index (χ2n) is 2.77. The molecule has 0 aliphatic rings. The Kier molecular flexibility index (Phi) is 4.41. The highest BCUT2D eigenvalue weighted by Gasteiger charge is 2.20. The lowest BCUT2D eigenvalue weighted by Gasteiger charge is -2.12. The predicted molar refractivity (Wildman–Crippen MR) is 57.1 cm³/mol. The Morgan fingerprint density at radius 3 is 3.07 bits per heavy atom. The third-order valence-corrected chi connectivity index (χ3v) is 2.47. The van der Waals surface area contributed by atoms with Crippen molar-refractivity contribution in [1.82, 2.24) is 4.98 Å². The number of esters is 1. The molecule has 0 bridgehead atoms. The minimum absolute atomic E-state index is 0.647. The Labute approximate surface area is 91.2 Å². The molecule has 0 aromatic carbocycles. The molecule has 0 unspecified atom stereocenters. The highest BCUT2D eigenvalue weighted by molar-refractivity contribution is 7.10. The molecule has 0 spiro atoms. The summed E-state index contributed by atoms with van der Waals surface area (Å²) in [4.78, 5) is 14.9. The molecule has 3 N–H and O–H groups in total. The minimum atomic E-state index is -1.07. The third-order valence-electron chi connectivity index (χ3n) is 1.73. The number of hydrogen-bond donors (Lipinski definition) is 2. The first-order valence-corrected chi connectivity index (χ1v) is 5.12. The molecule has 2 atom stereocenters. The van der Waals surface area contributed by atoms with Gasteiger partial charge in [0.15, 0.2) is 0 Å². The van der Waals surface area contributed by atoms with Gasteiger partial charge in [-0.3, -0.25) is 4.79 Å². The first kappa shape index (κ1) is 11.8. The molecule has 15 heavy (non-hydrogen) atoms. The largest absolute Gasteiger partial charge is 0.468 e. The Bertz CT molecular complexity index is 337. The van der Waals surface area contributed by atoms with Crippen molar-refractivity contribution in [1.29, 1.82) is 0 Å². The maximum absolute atomic E-state index is 11.0. The summed E-state index contributed by atoms with van der Waals surface area (Å²) in [6.07, 6.45) is 3.61. The fourth-order valence-corrected chi connectivity index (χ4v) is 1.43. The van der Waals surface area contributed by atoms with Crippen LogP contribution in [-0.2, 0) is 9.53 Å². The van der Waals surface area contributed by atoms with Crippen LogP contribution < -0.4 is 5.73 Å². The molecule has 1 rings (SSSR count). The zero-order valence-corrected chi connectivity index (χ0v) is 8.98. The summed E-state index contributed by atoms with van der Waals surface area (Å²) < 4.78 is 4.40. The van der Waals surface area contributed by atoms with Crippen molar-refractivity contribution in [2.45, 2.75) is 12.1 Å². The van der Waals surface area contributed by atoms with Crippen LogP contribution in [0.25, 0.3) is 6.08 Å². The van der Waals surface area contributed by atoms with Crippen LogP contribution in [0.3, 0.4) is 0 Å². The van der Waals surface area contributed by atoms with Crippen molar-refractivity contribution in [2.75, 3.05) is 7.11 Å². The van der Waals surface area contributed by atoms with E-state index in [4.69, 9.17) is 5.73 Å². The monoisotopic (exact) mass is 228 g/mol. The maximum Gasteiger partial charge on any atom is 0.325 e. The average molecular weight is 228 g/mol. The smallest absolute Gasteiger partial charge is 0.325 e. The van der Waals surface area contributed by atoms with E-state index in [1.54, 1.807) is 12.3 Å². The van der Waals surface area contributed by atoms with Crippen LogP contribution in [0.5, 0.6) is 0 Å². The van der Waals surface area contributed by atoms with Gasteiger partial charge < -0.3 is 15.6 Å². The van der Waals surface area contributed by atoms with Gasteiger partial charge in [0, 0.05) is 11.6 Å². The van der Waals surface area contributed by atoms with E-state index in [1.807, 2.05) is 5.38 Å². The quantitative estimate of drug-likeness (QED) is 0.709. The van der Waals surface area contributed by atoms with E-state index >= 15 is 0 Å². The molecule has 1 heterocycles. The Morgan fingerprint density at radius 2 is 2.53 bits per heavy atom. The second-order valence-corrected chi connectivity index (χ2v) is 3.70. The normalized spacial score (nSPS) is 15.1. The molecule has 0 aliphatic heterocycles. The van der Waals surface area contributed by atoms with E-state index in [-0.39, 0.29) is 0 Å². The standard InChI is InChI=1S/C9H12N2O3S/c1-14-9(13)8(10)6(12)2-3-7-11-4-5-15-7/h2-6,8,12H,10H2,1H3/b3-2+/t6-,8+/m1/s1. The molecule has 0 aliphatic carbocycles. The van der Waals surface area contributed by atoms with E-state index in [2.05, 4.69) is 9.72 Å². The number of methoxy groups -OCH3 is 1. The summed E-state index contributed by atoms with van der Waals surface area (Å²) >= 11 is 1.42. The van der Waals surface area contributed by atoms with Gasteiger partial charge in [-0.1, -0.05) is 6.08 Å². The number of hydrogen-bond acceptors (Lipinski definition) is 6. The van der Waals surface area contributed by atoms with Crippen molar-refractivity contribution in [3.8, 4) is 0 Å². The van der Waals surface area contributed by atoms with Crippen molar-refractivity contribution in [2.24, 2.45) is 5.73 Å². The van der Waals surface area contributed by atoms with E-state index in [0.717, 1.165) is 5.01 Å². The topological polar surface area (TPSA) is 85.4 Å². The molecule has 0 fully saturated rings. The summed E-state index contributed by atoms with van der Waals surface area (Å²) in [7, 11) is 1.22. The van der Waals surface area contributed by atoms with Crippen LogP contribution >= 0.6 is 11.3 Å². The number of carbonyl (C=O) groups is 1. The predicted octanol–water partition coefficient (Wildman–Crippen LogP) is 0.0175. The van der Waals surface area contributed by atoms with E-state index < -0.39 is 18.1 Å². The van der Waals surface area contributed by atoms with E-state index in [0.29, 0.717) is 0 Å². The van der Waals surface area contributed by atoms with Crippen LogP contribution in [-0.4, -0.2) is 35.3 Å². The zero-order valence-electron chi connectivity index (χ0n) is 8.16. The first-order valence-electron chi connectivity index (χ1n) is 4.24. The molecule has 0 radical (unpaired) electrons. The number of nitrogens with zero attached hydrogens (tertiary/aromatic N) is 1. The number of carbonyl (C=O) groups excluding carboxylic acids is 1. The number of aromatic nitrogens is 1. The van der Waals surface area contributed by atoms with Crippen LogP contribution in [0.2, 0.25) is 0 Å². The van der Waals surface area contributed by atoms with E-state index in [1.165, 1.54) is 24.5 Å². The van der Waals surface area contributed by atoms with Gasteiger partial charge in [0.05, 0.1) is 13.2 Å². The molecule has 0 saturated heterocycles. The van der Waals surface area contributed by atoms with Gasteiger partial charge in [-0.15, -0.1) is 11.3 Å². The summed E-state index contributed by atoms with van der Waals surface area (Å²) in [6.45, 7) is 0. The SMILES string of the molecule is COC(=O)[C@@H](N)[C@H](O)/C=C/c1nccs1. The summed E-state index contributed by atoms with van der Waals surface area (Å²) in [5, 5.41) is 12.0. The molecule has 1 aromatic heterocycles. The number of thiazole rings is 1. The minimum Gasteiger partial charge on any atom is -0.468 e. The van der Waals surface area contributed by atoms with Gasteiger partial charge in [-0.25, -0.2) is 4.98 Å². The lowest BCUT2D eigenvalue weighted by Crippen LogP contribution is -2.41. The van der Waals surface area contributed by atoms with Gasteiger partial charge in [0.2, 0.25) is 0 Å². The van der Waals surface area contributed by atoms with Crippen molar-refractivity contribution < 1.29 is 14.6 Å². The second kappa shape index (κ2) is 5.59. The zero-order chi connectivity index (χ0) is 11.3. The Hall–Kier alpha value is -1.24. The third kappa shape index (κ3) is 3.43. The van der Waals surface area contributed by atoms with Crippen LogP contribution in [0.4, 0.5) is 0 Å². The van der Waals surface area contributed by atoms with Crippen molar-refractivity contribution in [3.05, 3.63) is 22.7 Å². The Morgan fingerprint density at radius 1 is 1.80 bits per heavy atom. The van der Waals surface area contributed by atoms with Gasteiger partial charge in [-0.05, 0) is 6.08 Å². The molecule has 0 amide bonds. The molecule has 6 heteroatoms. The number of ether oxygens (including phenoxy) is 1. The Balaban J connectivity index is 2.55. The molecular weight excluding hydrogens is 216 g/mol. The van der Waals surface area contributed by atoms with E-state index in [9.17, 15) is 9.90 Å². The van der Waals surface area contributed by atoms with Crippen LogP contribution in [0.1, 0.15) is 5.01 Å². The number of nitrogens with two attached hydrogens (primary N) is 1. The van der Waals surface area contributed by atoms with Crippen LogP contribution in [0.15, 0.2) is 17.7 Å². The average Bonchev–Trinajstić information content (AvgIpc) is 2.76.